The molecular formula is C23H21F4N3O3. The van der Waals surface area contributed by atoms with Gasteiger partial charge in [0.25, 0.3) is 0 Å². The van der Waals surface area contributed by atoms with Crippen molar-refractivity contribution in [1.29, 1.82) is 0 Å². The van der Waals surface area contributed by atoms with E-state index in [0.29, 0.717) is 17.9 Å². The Hall–Kier alpha value is -3.56. The highest BCUT2D eigenvalue weighted by Gasteiger charge is 2.30. The largest absolute Gasteiger partial charge is 0.473 e. The molecule has 0 bridgehead atoms. The zero-order valence-corrected chi connectivity index (χ0v) is 17.9. The van der Waals surface area contributed by atoms with Crippen LogP contribution in [0.25, 0.3) is 0 Å². The summed E-state index contributed by atoms with van der Waals surface area (Å²) < 4.78 is 65.0. The van der Waals surface area contributed by atoms with Gasteiger partial charge in [0, 0.05) is 25.7 Å². The van der Waals surface area contributed by atoms with Crippen LogP contribution in [0.1, 0.15) is 24.5 Å². The first-order valence-corrected chi connectivity index (χ1v) is 10.2. The summed E-state index contributed by atoms with van der Waals surface area (Å²) in [6.45, 7) is 2.61. The lowest BCUT2D eigenvalue weighted by molar-refractivity contribution is -0.137. The summed E-state index contributed by atoms with van der Waals surface area (Å²) in [4.78, 5) is 18.2. The fourth-order valence-electron chi connectivity index (χ4n) is 3.50. The van der Waals surface area contributed by atoms with Gasteiger partial charge in [0.05, 0.1) is 5.56 Å². The Morgan fingerprint density at radius 2 is 1.85 bits per heavy atom. The maximum Gasteiger partial charge on any atom is 0.416 e. The van der Waals surface area contributed by atoms with Crippen LogP contribution in [-0.2, 0) is 19.3 Å². The summed E-state index contributed by atoms with van der Waals surface area (Å²) in [5.74, 6) is 0.0678. The molecule has 33 heavy (non-hydrogen) atoms. The monoisotopic (exact) mass is 463 g/mol. The number of hydrogen-bond acceptors (Lipinski definition) is 5. The second-order valence-corrected chi connectivity index (χ2v) is 7.81. The third-order valence-corrected chi connectivity index (χ3v) is 5.55. The number of fused-ring (bicyclic) bond motifs is 1. The normalized spacial score (nSPS) is 15.8. The second kappa shape index (κ2) is 8.76. The number of aromatic nitrogens is 2. The molecule has 1 aliphatic heterocycles. The zero-order chi connectivity index (χ0) is 23.8. The van der Waals surface area contributed by atoms with E-state index in [1.807, 2.05) is 11.9 Å². The summed E-state index contributed by atoms with van der Waals surface area (Å²) in [6, 6.07) is 10.0. The number of ether oxygens (including phenoxy) is 2. The van der Waals surface area contributed by atoms with Gasteiger partial charge in [0.1, 0.15) is 18.2 Å². The van der Waals surface area contributed by atoms with Crippen LogP contribution in [0, 0.1) is 5.82 Å². The molecule has 3 aromatic rings. The number of hydrogen-bond donors (Lipinski definition) is 0. The van der Waals surface area contributed by atoms with Gasteiger partial charge < -0.3 is 14.4 Å². The Labute approximate surface area is 187 Å². The van der Waals surface area contributed by atoms with Crippen LogP contribution >= 0.6 is 0 Å². The van der Waals surface area contributed by atoms with E-state index in [9.17, 15) is 22.4 Å². The van der Waals surface area contributed by atoms with Crippen molar-refractivity contribution in [2.24, 2.45) is 0 Å². The number of halogens is 4. The van der Waals surface area contributed by atoms with E-state index < -0.39 is 23.2 Å². The molecule has 0 aliphatic carbocycles. The molecule has 1 aliphatic rings. The summed E-state index contributed by atoms with van der Waals surface area (Å²) >= 11 is 0. The number of anilines is 1. The molecule has 174 valence electrons. The third-order valence-electron chi connectivity index (χ3n) is 5.55. The molecular weight excluding hydrogens is 442 g/mol. The lowest BCUT2D eigenvalue weighted by Gasteiger charge is -2.34. The van der Waals surface area contributed by atoms with Gasteiger partial charge in [-0.05, 0) is 55.3 Å². The maximum absolute atomic E-state index is 14.5. The van der Waals surface area contributed by atoms with Crippen LogP contribution in [0.2, 0.25) is 0 Å². The molecule has 1 atom stereocenters. The van der Waals surface area contributed by atoms with Gasteiger partial charge >= 0.3 is 11.9 Å². The Morgan fingerprint density at radius 3 is 2.52 bits per heavy atom. The minimum Gasteiger partial charge on any atom is -0.473 e. The molecule has 0 saturated carbocycles. The van der Waals surface area contributed by atoms with E-state index in [-0.39, 0.29) is 30.0 Å². The molecule has 0 spiro atoms. The third kappa shape index (κ3) is 4.94. The van der Waals surface area contributed by atoms with E-state index in [2.05, 4.69) is 11.9 Å². The number of benzene rings is 2. The first-order valence-electron chi connectivity index (χ1n) is 10.2. The molecule has 0 saturated heterocycles. The lowest BCUT2D eigenvalue weighted by Crippen LogP contribution is -2.41. The van der Waals surface area contributed by atoms with Gasteiger partial charge in [-0.2, -0.15) is 18.2 Å². The van der Waals surface area contributed by atoms with Crippen LogP contribution in [0.3, 0.4) is 0 Å². The molecule has 6 nitrogen and oxygen atoms in total. The van der Waals surface area contributed by atoms with E-state index in [4.69, 9.17) is 9.47 Å². The van der Waals surface area contributed by atoms with Crippen LogP contribution in [0.15, 0.2) is 53.3 Å². The molecule has 10 heteroatoms. The molecule has 0 radical (unpaired) electrons. The van der Waals surface area contributed by atoms with Crippen LogP contribution < -0.4 is 20.1 Å². The van der Waals surface area contributed by atoms with Crippen molar-refractivity contribution in [3.8, 4) is 17.4 Å². The Balaban J connectivity index is 1.44. The number of rotatable bonds is 5. The van der Waals surface area contributed by atoms with Crippen molar-refractivity contribution in [2.75, 3.05) is 11.9 Å². The van der Waals surface area contributed by atoms with E-state index in [1.54, 1.807) is 16.7 Å². The molecule has 0 fully saturated rings. The predicted molar refractivity (Wildman–Crippen MR) is 113 cm³/mol. The average Bonchev–Trinajstić information content (AvgIpc) is 2.76. The van der Waals surface area contributed by atoms with Crippen LogP contribution in [-0.4, -0.2) is 22.6 Å². The van der Waals surface area contributed by atoms with Crippen molar-refractivity contribution >= 4 is 5.82 Å². The number of alkyl halides is 3. The molecule has 2 heterocycles. The summed E-state index contributed by atoms with van der Waals surface area (Å²) in [7, 11) is 1.89. The van der Waals surface area contributed by atoms with Crippen molar-refractivity contribution in [3.05, 3.63) is 76.0 Å². The van der Waals surface area contributed by atoms with Crippen molar-refractivity contribution in [1.82, 2.24) is 9.55 Å². The molecule has 0 N–H and O–H groups in total. The predicted octanol–water partition coefficient (Wildman–Crippen LogP) is 5.00. The van der Waals surface area contributed by atoms with E-state index >= 15 is 0 Å². The fourth-order valence-corrected chi connectivity index (χ4v) is 3.50. The number of nitrogens with zero attached hydrogens (tertiary/aromatic N) is 3. The molecule has 0 amide bonds. The summed E-state index contributed by atoms with van der Waals surface area (Å²) in [5.41, 5.74) is -0.764. The Bertz CT molecular complexity index is 1210. The first kappa shape index (κ1) is 22.6. The second-order valence-electron chi connectivity index (χ2n) is 7.81. The van der Waals surface area contributed by atoms with Crippen LogP contribution in [0.4, 0.5) is 23.4 Å². The zero-order valence-electron chi connectivity index (χ0n) is 17.9. The Morgan fingerprint density at radius 1 is 1.12 bits per heavy atom. The standard InChI is InChI=1S/C23H21F4N3O3/c1-14-9-10-30-21(29(14)2)12-20(28-22(30)31)32-13-15-3-8-19(18(24)11-15)33-17-6-4-16(5-7-17)23(25,26)27/h3-8,11-12,14H,9-10,13H2,1-2H3/t14-/m1/s1. The average molecular weight is 463 g/mol. The van der Waals surface area contributed by atoms with Gasteiger partial charge in [0.15, 0.2) is 11.6 Å². The molecule has 4 rings (SSSR count). The van der Waals surface area contributed by atoms with E-state index in [0.717, 1.165) is 30.7 Å². The van der Waals surface area contributed by atoms with Gasteiger partial charge in [-0.15, -0.1) is 0 Å². The Kier molecular flexibility index (Phi) is 6.01. The smallest absolute Gasteiger partial charge is 0.416 e. The molecule has 0 unspecified atom stereocenters. The highest BCUT2D eigenvalue weighted by molar-refractivity contribution is 5.44. The maximum atomic E-state index is 14.5. The minimum atomic E-state index is -4.46. The summed E-state index contributed by atoms with van der Waals surface area (Å²) in [6.07, 6.45) is -3.62. The first-order chi connectivity index (χ1) is 15.6. The lowest BCUT2D eigenvalue weighted by atomic mass is 10.1. The topological polar surface area (TPSA) is 56.6 Å². The van der Waals surface area contributed by atoms with E-state index in [1.165, 1.54) is 12.1 Å². The quantitative estimate of drug-likeness (QED) is 0.499. The van der Waals surface area contributed by atoms with Crippen molar-refractivity contribution in [3.63, 3.8) is 0 Å². The minimum absolute atomic E-state index is 0.0351. The van der Waals surface area contributed by atoms with Gasteiger partial charge in [0.2, 0.25) is 5.88 Å². The van der Waals surface area contributed by atoms with Gasteiger partial charge in [-0.25, -0.2) is 9.18 Å². The van der Waals surface area contributed by atoms with Crippen LogP contribution in [0.5, 0.6) is 17.4 Å². The van der Waals surface area contributed by atoms with Crippen molar-refractivity contribution in [2.45, 2.75) is 38.7 Å². The highest BCUT2D eigenvalue weighted by atomic mass is 19.4. The molecule has 2 aromatic carbocycles. The SMILES string of the molecule is C[C@@H]1CCn2c(cc(OCc3ccc(Oc4ccc(C(F)(F)F)cc4)c(F)c3)nc2=O)N1C. The highest BCUT2D eigenvalue weighted by Crippen LogP contribution is 2.32. The van der Waals surface area contributed by atoms with Gasteiger partial charge in [-0.3, -0.25) is 4.57 Å². The van der Waals surface area contributed by atoms with Gasteiger partial charge in [-0.1, -0.05) is 6.07 Å². The van der Waals surface area contributed by atoms with Crippen molar-refractivity contribution < 1.29 is 27.0 Å². The fraction of sp³-hybridized carbons (Fsp3) is 0.304. The molecule has 1 aromatic heterocycles. The summed E-state index contributed by atoms with van der Waals surface area (Å²) in [5, 5.41) is 0.